The number of nitrogens with zero attached hydrogens (tertiary/aromatic N) is 1. The first-order valence-electron chi connectivity index (χ1n) is 5.39. The van der Waals surface area contributed by atoms with Gasteiger partial charge in [0, 0.05) is 10.9 Å². The van der Waals surface area contributed by atoms with Crippen LogP contribution in [0.2, 0.25) is 0 Å². The highest BCUT2D eigenvalue weighted by Crippen LogP contribution is 2.32. The van der Waals surface area contributed by atoms with Gasteiger partial charge in [-0.25, -0.2) is 8.78 Å². The molecule has 90 valence electrons. The molecule has 0 N–H and O–H groups in total. The molecule has 4 heteroatoms. The lowest BCUT2D eigenvalue weighted by molar-refractivity contribution is 0.389. The van der Waals surface area contributed by atoms with E-state index in [-0.39, 0.29) is 21.4 Å². The van der Waals surface area contributed by atoms with Gasteiger partial charge in [0.25, 0.3) is 0 Å². The van der Waals surface area contributed by atoms with Crippen molar-refractivity contribution >= 4 is 10.9 Å². The fraction of sp³-hybridized carbons (Fsp3) is 0. The highest BCUT2D eigenvalue weighted by molar-refractivity contribution is 5.87. The number of para-hydroxylation sites is 1. The minimum Gasteiger partial charge on any atom is -0.207 e. The van der Waals surface area contributed by atoms with E-state index in [9.17, 15) is 13.3 Å². The van der Waals surface area contributed by atoms with Gasteiger partial charge in [-0.1, -0.05) is 16.6 Å². The van der Waals surface area contributed by atoms with Crippen LogP contribution in [-0.4, -0.2) is 4.79 Å². The second-order valence-corrected chi connectivity index (χ2v) is 3.97. The quantitative estimate of drug-likeness (QED) is 0.603. The molecule has 2 aromatic carbocycles. The molecule has 0 atom stereocenters. The summed E-state index contributed by atoms with van der Waals surface area (Å²) in [6.45, 7) is 0. The van der Waals surface area contributed by atoms with E-state index in [1.165, 1.54) is 36.4 Å². The van der Waals surface area contributed by atoms with Crippen molar-refractivity contribution in [2.24, 2.45) is 0 Å². The van der Waals surface area contributed by atoms with Gasteiger partial charge in [-0.15, -0.1) is 0 Å². The summed E-state index contributed by atoms with van der Waals surface area (Å²) >= 11 is 0. The van der Waals surface area contributed by atoms with Crippen molar-refractivity contribution < 1.29 is 13.3 Å². The average molecular weight is 247 g/mol. The van der Waals surface area contributed by atoms with E-state index in [0.717, 1.165) is 0 Å². The Balaban J connectivity index is 2.32. The van der Waals surface area contributed by atoms with Crippen molar-refractivity contribution in [2.75, 3.05) is 0 Å². The molecule has 0 saturated heterocycles. The highest BCUT2D eigenvalue weighted by atomic mass is 19.2. The average Bonchev–Trinajstić information content (AvgIpc) is 2.64. The van der Waals surface area contributed by atoms with Gasteiger partial charge in [-0.3, -0.25) is 0 Å². The molecule has 0 aliphatic heterocycles. The molecule has 0 amide bonds. The van der Waals surface area contributed by atoms with E-state index in [0.29, 0.717) is 5.56 Å². The number of fused-ring (bicyclic) bond motifs is 1. The first-order valence-corrected chi connectivity index (χ1v) is 5.39. The fourth-order valence-corrected chi connectivity index (χ4v) is 2.01. The van der Waals surface area contributed by atoms with Gasteiger partial charge in [0.05, 0.1) is 5.52 Å². The van der Waals surface area contributed by atoms with E-state index in [1.807, 2.05) is 0 Å². The zero-order valence-electron chi connectivity index (χ0n) is 9.20. The largest absolute Gasteiger partial charge is 0.207 e. The number of benzene rings is 2. The molecule has 1 aromatic heterocycles. The first-order chi connectivity index (χ1) is 8.68. The van der Waals surface area contributed by atoms with Crippen molar-refractivity contribution in [3.63, 3.8) is 0 Å². The Bertz CT molecular complexity index is 675. The van der Waals surface area contributed by atoms with Gasteiger partial charge < -0.3 is 0 Å². The number of halogens is 3. The first kappa shape index (κ1) is 10.9. The molecular weight excluding hydrogens is 239 g/mol. The number of aromatic nitrogens is 1. The van der Waals surface area contributed by atoms with Gasteiger partial charge in [-0.2, -0.15) is 4.79 Å². The van der Waals surface area contributed by atoms with E-state index >= 15 is 0 Å². The predicted octanol–water partition coefficient (Wildman–Crippen LogP) is 4.32. The van der Waals surface area contributed by atoms with E-state index < -0.39 is 11.6 Å². The lowest BCUT2D eigenvalue weighted by Gasteiger charge is -2.00. The summed E-state index contributed by atoms with van der Waals surface area (Å²) in [5.41, 5.74) is 0.276. The van der Waals surface area contributed by atoms with Crippen molar-refractivity contribution in [1.29, 1.82) is 0 Å². The molecular formula is C14H8F3N. The second kappa shape index (κ2) is 3.91. The standard InChI is InChI=1S/C14H8F3N/c15-10-7-5-9(6-8-10)14-13(16)11-3-1-2-4-12(11)18(14)17/h1-8H. The molecule has 3 rings (SSSR count). The third kappa shape index (κ3) is 1.49. The normalized spacial score (nSPS) is 11.1. The number of hydrogen-bond acceptors (Lipinski definition) is 0. The van der Waals surface area contributed by atoms with Crippen LogP contribution in [-0.2, 0) is 0 Å². The van der Waals surface area contributed by atoms with Crippen LogP contribution >= 0.6 is 0 Å². The zero-order chi connectivity index (χ0) is 12.7. The zero-order valence-corrected chi connectivity index (χ0v) is 9.20. The van der Waals surface area contributed by atoms with Gasteiger partial charge in [0.15, 0.2) is 5.82 Å². The van der Waals surface area contributed by atoms with Gasteiger partial charge >= 0.3 is 0 Å². The Kier molecular flexibility index (Phi) is 2.37. The maximum atomic E-state index is 14.1. The number of rotatable bonds is 1. The van der Waals surface area contributed by atoms with Gasteiger partial charge in [-0.05, 0) is 36.4 Å². The summed E-state index contributed by atoms with van der Waals surface area (Å²) < 4.78 is 41.0. The SMILES string of the molecule is Fc1ccc(-c2c(F)c3ccccc3n2F)cc1. The third-order valence-electron chi connectivity index (χ3n) is 2.87. The monoisotopic (exact) mass is 247 g/mol. The summed E-state index contributed by atoms with van der Waals surface area (Å²) in [7, 11) is 0. The Labute approximate surface area is 101 Å². The minimum atomic E-state index is -0.639. The van der Waals surface area contributed by atoms with Crippen LogP contribution in [0.3, 0.4) is 0 Å². The highest BCUT2D eigenvalue weighted by Gasteiger charge is 2.18. The molecule has 3 aromatic rings. The van der Waals surface area contributed by atoms with Crippen LogP contribution < -0.4 is 0 Å². The molecule has 0 saturated carbocycles. The summed E-state index contributed by atoms with van der Waals surface area (Å²) in [5, 5.41) is 0.208. The molecule has 0 unspecified atom stereocenters. The number of hydrogen-bond donors (Lipinski definition) is 0. The molecule has 1 heterocycles. The minimum absolute atomic E-state index is 0.161. The molecule has 0 spiro atoms. The molecule has 18 heavy (non-hydrogen) atoms. The summed E-state index contributed by atoms with van der Waals surface area (Å²) in [6.07, 6.45) is 0. The molecule has 0 bridgehead atoms. The van der Waals surface area contributed by atoms with Crippen LogP contribution in [0.15, 0.2) is 48.5 Å². The van der Waals surface area contributed by atoms with Crippen LogP contribution in [0.25, 0.3) is 22.2 Å². The predicted molar refractivity (Wildman–Crippen MR) is 63.8 cm³/mol. The van der Waals surface area contributed by atoms with Gasteiger partial charge in [0.2, 0.25) is 0 Å². The van der Waals surface area contributed by atoms with Crippen LogP contribution in [0.5, 0.6) is 0 Å². The van der Waals surface area contributed by atoms with Crippen molar-refractivity contribution in [2.45, 2.75) is 0 Å². The molecule has 0 aliphatic rings. The summed E-state index contributed by atoms with van der Waals surface area (Å²) in [4.78, 5) is 0.290. The maximum Gasteiger partial charge on any atom is 0.159 e. The van der Waals surface area contributed by atoms with Crippen molar-refractivity contribution in [3.8, 4) is 11.3 Å². The Morgan fingerprint density at radius 2 is 1.50 bits per heavy atom. The van der Waals surface area contributed by atoms with Crippen molar-refractivity contribution in [1.82, 2.24) is 4.79 Å². The van der Waals surface area contributed by atoms with E-state index in [2.05, 4.69) is 0 Å². The van der Waals surface area contributed by atoms with E-state index in [4.69, 9.17) is 0 Å². The van der Waals surface area contributed by atoms with Crippen molar-refractivity contribution in [3.05, 3.63) is 60.2 Å². The lowest BCUT2D eigenvalue weighted by atomic mass is 10.1. The summed E-state index contributed by atoms with van der Waals surface area (Å²) in [5.74, 6) is -1.08. The summed E-state index contributed by atoms with van der Waals surface area (Å²) in [6, 6.07) is 11.3. The molecule has 0 fully saturated rings. The van der Waals surface area contributed by atoms with Gasteiger partial charge in [0.1, 0.15) is 11.5 Å². The Morgan fingerprint density at radius 1 is 0.833 bits per heavy atom. The molecule has 1 nitrogen and oxygen atoms in total. The fourth-order valence-electron chi connectivity index (χ4n) is 2.01. The van der Waals surface area contributed by atoms with Crippen LogP contribution in [0.4, 0.5) is 13.3 Å². The topological polar surface area (TPSA) is 4.93 Å². The smallest absolute Gasteiger partial charge is 0.159 e. The third-order valence-corrected chi connectivity index (χ3v) is 2.87. The van der Waals surface area contributed by atoms with E-state index in [1.54, 1.807) is 12.1 Å². The van der Waals surface area contributed by atoms with Crippen LogP contribution in [0, 0.1) is 11.6 Å². The molecule has 0 radical (unpaired) electrons. The maximum absolute atomic E-state index is 14.1. The second-order valence-electron chi connectivity index (χ2n) is 3.97. The lowest BCUT2D eigenvalue weighted by Crippen LogP contribution is -1.88. The Hall–Kier alpha value is -2.23. The molecule has 0 aliphatic carbocycles. The Morgan fingerprint density at radius 3 is 2.17 bits per heavy atom. The van der Waals surface area contributed by atoms with Crippen LogP contribution in [0.1, 0.15) is 0 Å².